The fourth-order valence-electron chi connectivity index (χ4n) is 2.68. The first kappa shape index (κ1) is 16.2. The summed E-state index contributed by atoms with van der Waals surface area (Å²) in [6.07, 6.45) is 0.641. The van der Waals surface area contributed by atoms with Crippen LogP contribution in [0.25, 0.3) is 10.9 Å². The van der Waals surface area contributed by atoms with Crippen molar-refractivity contribution in [2.75, 3.05) is 11.5 Å². The van der Waals surface area contributed by atoms with Crippen LogP contribution < -0.4 is 5.32 Å². The molecule has 1 aromatic carbocycles. The van der Waals surface area contributed by atoms with Gasteiger partial charge in [-0.25, -0.2) is 4.79 Å². The number of aromatic nitrogens is 2. The van der Waals surface area contributed by atoms with Gasteiger partial charge in [0, 0.05) is 17.5 Å². The van der Waals surface area contributed by atoms with Crippen molar-refractivity contribution in [1.82, 2.24) is 15.5 Å². The van der Waals surface area contributed by atoms with Crippen molar-refractivity contribution in [3.05, 3.63) is 34.0 Å². The Bertz CT molecular complexity index is 828. The Morgan fingerprint density at radius 1 is 1.38 bits per heavy atom. The number of hydrogen-bond donors (Lipinski definition) is 3. The highest BCUT2D eigenvalue weighted by molar-refractivity contribution is 7.99. The van der Waals surface area contributed by atoms with E-state index in [1.807, 2.05) is 0 Å². The van der Waals surface area contributed by atoms with Gasteiger partial charge in [-0.2, -0.15) is 16.9 Å². The minimum Gasteiger partial charge on any atom is -0.480 e. The molecular weight excluding hydrogens is 336 g/mol. The van der Waals surface area contributed by atoms with E-state index in [1.165, 1.54) is 18.2 Å². The fourth-order valence-corrected chi connectivity index (χ4v) is 3.87. The summed E-state index contributed by atoms with van der Waals surface area (Å²) in [5, 5.41) is 29.8. The van der Waals surface area contributed by atoms with Crippen molar-refractivity contribution >= 4 is 40.2 Å². The molecule has 1 fully saturated rings. The van der Waals surface area contributed by atoms with E-state index in [-0.39, 0.29) is 16.8 Å². The Kier molecular flexibility index (Phi) is 4.14. The molecule has 0 atom stereocenters. The first-order valence-electron chi connectivity index (χ1n) is 7.19. The molecule has 2 heterocycles. The molecule has 3 rings (SSSR count). The van der Waals surface area contributed by atoms with E-state index < -0.39 is 22.3 Å². The molecule has 0 radical (unpaired) electrons. The number of carbonyl (C=O) groups excluding carboxylic acids is 1. The third-order valence-corrected chi connectivity index (χ3v) is 5.07. The lowest BCUT2D eigenvalue weighted by Gasteiger charge is -2.33. The van der Waals surface area contributed by atoms with Gasteiger partial charge in [-0.05, 0) is 30.4 Å². The maximum atomic E-state index is 12.5. The first-order chi connectivity index (χ1) is 11.4. The van der Waals surface area contributed by atoms with Gasteiger partial charge in [0.05, 0.1) is 10.4 Å². The number of non-ortho nitro benzene ring substituents is 1. The Labute approximate surface area is 140 Å². The average Bonchev–Trinajstić information content (AvgIpc) is 2.98. The molecule has 1 aliphatic heterocycles. The van der Waals surface area contributed by atoms with Crippen molar-refractivity contribution in [2.45, 2.75) is 18.4 Å². The number of benzene rings is 1. The van der Waals surface area contributed by atoms with E-state index in [0.717, 1.165) is 0 Å². The van der Waals surface area contributed by atoms with Gasteiger partial charge in [0.2, 0.25) is 0 Å². The highest BCUT2D eigenvalue weighted by Gasteiger charge is 2.42. The number of aromatic amines is 1. The van der Waals surface area contributed by atoms with E-state index in [0.29, 0.717) is 29.9 Å². The number of thioether (sulfide) groups is 1. The zero-order valence-electron chi connectivity index (χ0n) is 12.4. The number of amides is 1. The van der Waals surface area contributed by atoms with Gasteiger partial charge in [-0.15, -0.1) is 0 Å². The molecule has 1 aromatic heterocycles. The van der Waals surface area contributed by atoms with Crippen LogP contribution in [0, 0.1) is 10.1 Å². The third kappa shape index (κ3) is 2.80. The number of carboxylic acid groups (broad SMARTS) is 1. The minimum atomic E-state index is -1.33. The second-order valence-electron chi connectivity index (χ2n) is 5.51. The third-order valence-electron chi connectivity index (χ3n) is 4.08. The van der Waals surface area contributed by atoms with Crippen LogP contribution in [0.4, 0.5) is 5.69 Å². The van der Waals surface area contributed by atoms with Gasteiger partial charge in [-0.3, -0.25) is 20.0 Å². The van der Waals surface area contributed by atoms with Gasteiger partial charge in [0.15, 0.2) is 5.69 Å². The maximum Gasteiger partial charge on any atom is 0.329 e. The number of carbonyl (C=O) groups is 2. The number of H-pyrrole nitrogens is 1. The van der Waals surface area contributed by atoms with Crippen LogP contribution in [-0.4, -0.2) is 49.1 Å². The van der Waals surface area contributed by atoms with Crippen molar-refractivity contribution in [3.63, 3.8) is 0 Å². The first-order valence-corrected chi connectivity index (χ1v) is 8.35. The Morgan fingerprint density at radius 2 is 2.08 bits per heavy atom. The Morgan fingerprint density at radius 3 is 2.71 bits per heavy atom. The summed E-state index contributed by atoms with van der Waals surface area (Å²) in [5.74, 6) is -0.461. The number of nitro groups is 1. The van der Waals surface area contributed by atoms with Crippen LogP contribution in [0.5, 0.6) is 0 Å². The summed E-state index contributed by atoms with van der Waals surface area (Å²) in [7, 11) is 0. The quantitative estimate of drug-likeness (QED) is 0.561. The summed E-state index contributed by atoms with van der Waals surface area (Å²) >= 11 is 1.64. The molecule has 1 saturated heterocycles. The number of nitrogens with zero attached hydrogens (tertiary/aromatic N) is 2. The van der Waals surface area contributed by atoms with Crippen molar-refractivity contribution in [2.24, 2.45) is 0 Å². The van der Waals surface area contributed by atoms with E-state index in [1.54, 1.807) is 11.8 Å². The molecule has 9 nitrogen and oxygen atoms in total. The maximum absolute atomic E-state index is 12.5. The predicted octanol–water partition coefficient (Wildman–Crippen LogP) is 1.55. The van der Waals surface area contributed by atoms with Crippen LogP contribution in [0.1, 0.15) is 23.3 Å². The van der Waals surface area contributed by atoms with E-state index in [9.17, 15) is 24.8 Å². The molecule has 0 bridgehead atoms. The smallest absolute Gasteiger partial charge is 0.329 e. The van der Waals surface area contributed by atoms with Crippen LogP contribution in [-0.2, 0) is 4.79 Å². The summed E-state index contributed by atoms with van der Waals surface area (Å²) in [6.45, 7) is 0. The fraction of sp³-hybridized carbons (Fsp3) is 0.357. The van der Waals surface area contributed by atoms with Gasteiger partial charge in [0.25, 0.3) is 11.6 Å². The van der Waals surface area contributed by atoms with Crippen LogP contribution in [0.15, 0.2) is 18.2 Å². The number of hydrogen-bond acceptors (Lipinski definition) is 6. The standard InChI is InChI=1S/C14H14N4O5S/c19-12(15-14(13(20)21)3-5-24-6-4-14)11-9-7-8(18(22)23)1-2-10(9)16-17-11/h1-2,7H,3-6H2,(H,15,19)(H,16,17)(H,20,21). The van der Waals surface area contributed by atoms with Gasteiger partial charge in [-0.1, -0.05) is 0 Å². The lowest BCUT2D eigenvalue weighted by molar-refractivity contribution is -0.384. The topological polar surface area (TPSA) is 138 Å². The number of fused-ring (bicyclic) bond motifs is 1. The Hall–Kier alpha value is -2.62. The lowest BCUT2D eigenvalue weighted by Crippen LogP contribution is -2.56. The SMILES string of the molecule is O=C(NC1(C(=O)O)CCSCC1)c1n[nH]c2ccc([N+](=O)[O-])cc12. The van der Waals surface area contributed by atoms with Gasteiger partial charge < -0.3 is 10.4 Å². The number of carboxylic acids is 1. The molecule has 0 aliphatic carbocycles. The van der Waals surface area contributed by atoms with Crippen LogP contribution >= 0.6 is 11.8 Å². The average molecular weight is 350 g/mol. The van der Waals surface area contributed by atoms with Crippen LogP contribution in [0.2, 0.25) is 0 Å². The molecular formula is C14H14N4O5S. The highest BCUT2D eigenvalue weighted by atomic mass is 32.2. The number of aliphatic carboxylic acids is 1. The molecule has 126 valence electrons. The second kappa shape index (κ2) is 6.11. The molecule has 10 heteroatoms. The zero-order valence-corrected chi connectivity index (χ0v) is 13.3. The predicted molar refractivity (Wildman–Crippen MR) is 87.1 cm³/mol. The zero-order chi connectivity index (χ0) is 17.3. The largest absolute Gasteiger partial charge is 0.480 e. The second-order valence-corrected chi connectivity index (χ2v) is 6.74. The van der Waals surface area contributed by atoms with Gasteiger partial charge >= 0.3 is 5.97 Å². The molecule has 1 amide bonds. The molecule has 1 aliphatic rings. The molecule has 0 unspecified atom stereocenters. The number of nitrogens with one attached hydrogen (secondary N) is 2. The van der Waals surface area contributed by atoms with Crippen molar-refractivity contribution in [3.8, 4) is 0 Å². The molecule has 2 aromatic rings. The number of rotatable bonds is 4. The summed E-state index contributed by atoms with van der Waals surface area (Å²) < 4.78 is 0. The van der Waals surface area contributed by atoms with Crippen LogP contribution in [0.3, 0.4) is 0 Å². The van der Waals surface area contributed by atoms with Gasteiger partial charge in [0.1, 0.15) is 5.54 Å². The summed E-state index contributed by atoms with van der Waals surface area (Å²) in [6, 6.07) is 4.01. The van der Waals surface area contributed by atoms with Crippen molar-refractivity contribution < 1.29 is 19.6 Å². The number of nitro benzene ring substituents is 1. The Balaban J connectivity index is 1.94. The monoisotopic (exact) mass is 350 g/mol. The molecule has 0 saturated carbocycles. The highest BCUT2D eigenvalue weighted by Crippen LogP contribution is 2.29. The normalized spacial score (nSPS) is 16.7. The minimum absolute atomic E-state index is 0.0486. The van der Waals surface area contributed by atoms with E-state index in [4.69, 9.17) is 0 Å². The molecule has 24 heavy (non-hydrogen) atoms. The van der Waals surface area contributed by atoms with E-state index in [2.05, 4.69) is 15.5 Å². The van der Waals surface area contributed by atoms with Crippen molar-refractivity contribution in [1.29, 1.82) is 0 Å². The van der Waals surface area contributed by atoms with E-state index >= 15 is 0 Å². The molecule has 0 spiro atoms. The lowest BCUT2D eigenvalue weighted by atomic mass is 9.92. The summed E-state index contributed by atoms with van der Waals surface area (Å²) in [4.78, 5) is 34.5. The summed E-state index contributed by atoms with van der Waals surface area (Å²) in [5.41, 5.74) is -1.07. The molecule has 3 N–H and O–H groups in total.